The minimum absolute atomic E-state index is 0.620. The van der Waals surface area contributed by atoms with Gasteiger partial charge < -0.3 is 4.90 Å². The number of thioether (sulfide) groups is 1. The van der Waals surface area contributed by atoms with Crippen molar-refractivity contribution < 1.29 is 0 Å². The van der Waals surface area contributed by atoms with Gasteiger partial charge in [-0.25, -0.2) is 0 Å². The van der Waals surface area contributed by atoms with Crippen molar-refractivity contribution in [2.45, 2.75) is 44.8 Å². The Kier molecular flexibility index (Phi) is 4.81. The van der Waals surface area contributed by atoms with Gasteiger partial charge in [-0.15, -0.1) is 0 Å². The number of rotatable bonds is 3. The molecule has 17 heavy (non-hydrogen) atoms. The Hall–Kier alpha value is 0.300. The number of likely N-dealkylation sites (tertiary alicyclic amines) is 1. The van der Waals surface area contributed by atoms with Gasteiger partial charge in [-0.3, -0.25) is 4.99 Å². The van der Waals surface area contributed by atoms with Crippen molar-refractivity contribution in [2.75, 3.05) is 25.0 Å². The Morgan fingerprint density at radius 2 is 2.00 bits per heavy atom. The standard InChI is InChI=1S/C13H23BrN2S/c1-3-13(4-2)5-7-16(8-6-13)12-15-10-11(9-14)17-12/h11H,3-10H2,1-2H3. The molecule has 0 aliphatic carbocycles. The third-order valence-corrected chi connectivity index (χ3v) is 6.93. The molecule has 1 unspecified atom stereocenters. The predicted octanol–water partition coefficient (Wildman–Crippen LogP) is 3.75. The molecule has 0 N–H and O–H groups in total. The number of hydrogen-bond donors (Lipinski definition) is 0. The maximum atomic E-state index is 4.69. The first-order chi connectivity index (χ1) is 8.23. The lowest BCUT2D eigenvalue weighted by molar-refractivity contribution is 0.137. The van der Waals surface area contributed by atoms with Crippen molar-refractivity contribution in [2.24, 2.45) is 10.4 Å². The van der Waals surface area contributed by atoms with Crippen LogP contribution in [0.1, 0.15) is 39.5 Å². The molecule has 4 heteroatoms. The van der Waals surface area contributed by atoms with Gasteiger partial charge in [0.2, 0.25) is 0 Å². The minimum Gasteiger partial charge on any atom is -0.351 e. The number of aliphatic imine (C=N–C) groups is 1. The molecular weight excluding hydrogens is 296 g/mol. The van der Waals surface area contributed by atoms with E-state index >= 15 is 0 Å². The molecule has 0 radical (unpaired) electrons. The Balaban J connectivity index is 1.87. The highest BCUT2D eigenvalue weighted by Gasteiger charge is 2.33. The lowest BCUT2D eigenvalue weighted by atomic mass is 9.74. The molecule has 98 valence electrons. The number of hydrogen-bond acceptors (Lipinski definition) is 3. The van der Waals surface area contributed by atoms with Crippen molar-refractivity contribution in [1.82, 2.24) is 4.90 Å². The molecule has 0 amide bonds. The largest absolute Gasteiger partial charge is 0.351 e. The van der Waals surface area contributed by atoms with Gasteiger partial charge >= 0.3 is 0 Å². The van der Waals surface area contributed by atoms with Gasteiger partial charge in [0.25, 0.3) is 0 Å². The normalized spacial score (nSPS) is 28.3. The molecule has 0 saturated carbocycles. The van der Waals surface area contributed by atoms with Crippen LogP contribution >= 0.6 is 27.7 Å². The smallest absolute Gasteiger partial charge is 0.159 e. The van der Waals surface area contributed by atoms with E-state index in [9.17, 15) is 0 Å². The Labute approximate surface area is 118 Å². The van der Waals surface area contributed by atoms with Crippen LogP contribution in [0.2, 0.25) is 0 Å². The first-order valence-electron chi connectivity index (χ1n) is 6.75. The summed E-state index contributed by atoms with van der Waals surface area (Å²) in [6, 6.07) is 0. The van der Waals surface area contributed by atoms with E-state index in [2.05, 4.69) is 39.7 Å². The molecule has 0 aromatic rings. The predicted molar refractivity (Wildman–Crippen MR) is 81.3 cm³/mol. The van der Waals surface area contributed by atoms with E-state index in [-0.39, 0.29) is 0 Å². The number of amidine groups is 1. The Bertz CT molecular complexity index is 279. The lowest BCUT2D eigenvalue weighted by Crippen LogP contribution is -2.41. The van der Waals surface area contributed by atoms with Gasteiger partial charge in [0.05, 0.1) is 6.54 Å². The van der Waals surface area contributed by atoms with E-state index in [1.54, 1.807) is 0 Å². The molecule has 2 aliphatic heterocycles. The topological polar surface area (TPSA) is 15.6 Å². The molecule has 2 rings (SSSR count). The van der Waals surface area contributed by atoms with Crippen LogP contribution in [0.25, 0.3) is 0 Å². The van der Waals surface area contributed by atoms with Crippen molar-refractivity contribution >= 4 is 32.9 Å². The summed E-state index contributed by atoms with van der Waals surface area (Å²) in [6.45, 7) is 8.11. The highest BCUT2D eigenvalue weighted by atomic mass is 79.9. The molecule has 2 heterocycles. The molecular formula is C13H23BrN2S. The van der Waals surface area contributed by atoms with Crippen molar-refractivity contribution in [3.63, 3.8) is 0 Å². The number of nitrogens with zero attached hydrogens (tertiary/aromatic N) is 2. The van der Waals surface area contributed by atoms with Crippen LogP contribution in [0.4, 0.5) is 0 Å². The van der Waals surface area contributed by atoms with E-state index < -0.39 is 0 Å². The fourth-order valence-corrected chi connectivity index (χ4v) is 4.38. The summed E-state index contributed by atoms with van der Waals surface area (Å²) in [5.41, 5.74) is 0.620. The van der Waals surface area contributed by atoms with Gasteiger partial charge in [-0.2, -0.15) is 0 Å². The molecule has 1 atom stereocenters. The third-order valence-electron chi connectivity index (χ3n) is 4.47. The van der Waals surface area contributed by atoms with Crippen LogP contribution in [0.5, 0.6) is 0 Å². The molecule has 0 bridgehead atoms. The summed E-state index contributed by atoms with van der Waals surface area (Å²) >= 11 is 5.52. The summed E-state index contributed by atoms with van der Waals surface area (Å²) in [5.74, 6) is 0. The van der Waals surface area contributed by atoms with Crippen molar-refractivity contribution in [3.8, 4) is 0 Å². The SMILES string of the molecule is CCC1(CC)CCN(C2=NCC(CBr)S2)CC1. The van der Waals surface area contributed by atoms with E-state index in [4.69, 9.17) is 0 Å². The van der Waals surface area contributed by atoms with Gasteiger partial charge in [-0.05, 0) is 18.3 Å². The zero-order valence-electron chi connectivity index (χ0n) is 10.9. The van der Waals surface area contributed by atoms with Crippen LogP contribution in [-0.2, 0) is 0 Å². The summed E-state index contributed by atoms with van der Waals surface area (Å²) in [6.07, 6.45) is 5.36. The highest BCUT2D eigenvalue weighted by Crippen LogP contribution is 2.39. The molecule has 2 nitrogen and oxygen atoms in total. The van der Waals surface area contributed by atoms with E-state index in [0.29, 0.717) is 10.7 Å². The number of piperidine rings is 1. The average molecular weight is 319 g/mol. The van der Waals surface area contributed by atoms with Crippen LogP contribution in [0.3, 0.4) is 0 Å². The van der Waals surface area contributed by atoms with E-state index in [0.717, 1.165) is 11.9 Å². The van der Waals surface area contributed by atoms with Gasteiger partial charge in [0.1, 0.15) is 0 Å². The van der Waals surface area contributed by atoms with E-state index in [1.807, 2.05) is 11.8 Å². The Morgan fingerprint density at radius 3 is 2.47 bits per heavy atom. The second kappa shape index (κ2) is 5.96. The molecule has 1 saturated heterocycles. The fourth-order valence-electron chi connectivity index (χ4n) is 2.79. The molecule has 0 aromatic carbocycles. The van der Waals surface area contributed by atoms with Crippen LogP contribution in [0.15, 0.2) is 4.99 Å². The van der Waals surface area contributed by atoms with E-state index in [1.165, 1.54) is 43.9 Å². The zero-order valence-corrected chi connectivity index (χ0v) is 13.3. The molecule has 2 aliphatic rings. The fraction of sp³-hybridized carbons (Fsp3) is 0.923. The van der Waals surface area contributed by atoms with Crippen LogP contribution in [-0.4, -0.2) is 40.3 Å². The zero-order chi connectivity index (χ0) is 12.3. The molecule has 0 spiro atoms. The van der Waals surface area contributed by atoms with Crippen LogP contribution < -0.4 is 0 Å². The first kappa shape index (κ1) is 13.7. The monoisotopic (exact) mass is 318 g/mol. The maximum absolute atomic E-state index is 4.69. The highest BCUT2D eigenvalue weighted by molar-refractivity contribution is 9.09. The first-order valence-corrected chi connectivity index (χ1v) is 8.75. The van der Waals surface area contributed by atoms with Gasteiger partial charge in [0.15, 0.2) is 5.17 Å². The molecule has 1 fully saturated rings. The average Bonchev–Trinajstić information content (AvgIpc) is 2.87. The number of halogens is 1. The number of alkyl halides is 1. The second-order valence-corrected chi connectivity index (χ2v) is 7.13. The van der Waals surface area contributed by atoms with Crippen molar-refractivity contribution in [1.29, 1.82) is 0 Å². The summed E-state index contributed by atoms with van der Waals surface area (Å²) in [5, 5.41) is 3.02. The third kappa shape index (κ3) is 3.01. The maximum Gasteiger partial charge on any atom is 0.159 e. The van der Waals surface area contributed by atoms with Gasteiger partial charge in [0, 0.05) is 23.7 Å². The summed E-state index contributed by atoms with van der Waals surface area (Å²) in [4.78, 5) is 7.20. The molecule has 0 aromatic heterocycles. The lowest BCUT2D eigenvalue weighted by Gasteiger charge is -2.41. The van der Waals surface area contributed by atoms with Crippen LogP contribution in [0, 0.1) is 5.41 Å². The van der Waals surface area contributed by atoms with Gasteiger partial charge in [-0.1, -0.05) is 54.4 Å². The quantitative estimate of drug-likeness (QED) is 0.736. The Morgan fingerprint density at radius 1 is 1.35 bits per heavy atom. The minimum atomic E-state index is 0.620. The summed E-state index contributed by atoms with van der Waals surface area (Å²) < 4.78 is 0. The second-order valence-electron chi connectivity index (χ2n) is 5.21. The summed E-state index contributed by atoms with van der Waals surface area (Å²) in [7, 11) is 0. The van der Waals surface area contributed by atoms with Crippen molar-refractivity contribution in [3.05, 3.63) is 0 Å².